The summed E-state index contributed by atoms with van der Waals surface area (Å²) in [6.45, 7) is 0. The Morgan fingerprint density at radius 2 is 0.400 bits per heavy atom. The molecule has 0 N–H and O–H groups in total. The van der Waals surface area contributed by atoms with Crippen LogP contribution in [-0.4, -0.2) is 37.7 Å². The predicted molar refractivity (Wildman–Crippen MR) is 42.9 cm³/mol. The van der Waals surface area contributed by atoms with Gasteiger partial charge >= 0.3 is 423 Å². The average molecular weight is 1900 g/mol. The Kier molecular flexibility index (Phi) is 26.9. The van der Waals surface area contributed by atoms with Crippen LogP contribution >= 0.6 is 7.82 Å². The van der Waals surface area contributed by atoms with E-state index < -0.39 is 209 Å². The summed E-state index contributed by atoms with van der Waals surface area (Å²) in [5.41, 5.74) is 0. The zero-order valence-electron chi connectivity index (χ0n) is 23.4. The van der Waals surface area contributed by atoms with E-state index in [4.69, 9.17) is 0 Å². The normalized spacial score (nSPS) is 15.0. The van der Waals surface area contributed by atoms with Gasteiger partial charge in [-0.25, -0.2) is 0 Å². The van der Waals surface area contributed by atoms with E-state index in [2.05, 4.69) is 27.9 Å². The molecule has 0 aromatic rings. The van der Waals surface area contributed by atoms with Crippen LogP contribution in [0.25, 0.3) is 0 Å². The summed E-state index contributed by atoms with van der Waals surface area (Å²) in [5.74, 6) is 0. The fourth-order valence-corrected chi connectivity index (χ4v) is 60.0. The van der Waals surface area contributed by atoms with Gasteiger partial charge in [0.1, 0.15) is 0 Å². The Hall–Kier alpha value is 5.99. The summed E-state index contributed by atoms with van der Waals surface area (Å²) in [6.07, 6.45) is 0. The van der Waals surface area contributed by atoms with Crippen molar-refractivity contribution >= 4 is 45.6 Å². The molecule has 0 bridgehead atoms. The van der Waals surface area contributed by atoms with Crippen molar-refractivity contribution in [1.82, 2.24) is 0 Å². The van der Waals surface area contributed by atoms with Crippen molar-refractivity contribution in [3.8, 4) is 0 Å². The first-order valence-electron chi connectivity index (χ1n) is 8.73. The molecule has 0 aromatic heterocycles. The monoisotopic (exact) mass is 1920 g/mol. The number of rotatable bonds is 24. The van der Waals surface area contributed by atoms with E-state index in [9.17, 15) is 97.4 Å². The summed E-state index contributed by atoms with van der Waals surface area (Å²) in [6, 6.07) is 0. The third-order valence-electron chi connectivity index (χ3n) is 2.05. The van der Waals surface area contributed by atoms with E-state index in [1.807, 2.05) is 0 Å². The van der Waals surface area contributed by atoms with E-state index in [0.717, 1.165) is 0 Å². The van der Waals surface area contributed by atoms with Crippen molar-refractivity contribution in [1.29, 1.82) is 0 Å². The molecule has 0 radical (unpaired) electrons. The van der Waals surface area contributed by atoms with Crippen LogP contribution in [0.3, 0.4) is 0 Å². The van der Waals surface area contributed by atoms with Crippen molar-refractivity contribution in [3.63, 3.8) is 0 Å². The van der Waals surface area contributed by atoms with Gasteiger partial charge in [-0.15, -0.1) is 0 Å². The van der Waals surface area contributed by atoms with Gasteiger partial charge in [0.15, 0.2) is 0 Å². The molecule has 0 saturated heterocycles. The smallest absolute Gasteiger partial charge is 1.00 e. The molecule has 55 heavy (non-hydrogen) atoms. The molecule has 0 unspecified atom stereocenters. The average Bonchev–Trinajstić information content (AvgIpc) is 2.58. The molecule has 0 aliphatic carbocycles. The van der Waals surface area contributed by atoms with Gasteiger partial charge < -0.3 is 0 Å². The van der Waals surface area contributed by atoms with Gasteiger partial charge in [0.25, 0.3) is 0 Å². The predicted octanol–water partition coefficient (Wildman–Crippen LogP) is -9.90. The van der Waals surface area contributed by atoms with E-state index in [-0.39, 0.29) is 89.1 Å². The van der Waals surface area contributed by atoms with Gasteiger partial charge in [0.05, 0.1) is 0 Å². The van der Waals surface area contributed by atoms with Crippen molar-refractivity contribution in [2.24, 2.45) is 0 Å². The molecule has 0 aliphatic heterocycles. The second-order valence-corrected chi connectivity index (χ2v) is 55.7. The first-order valence-corrected chi connectivity index (χ1v) is 49.5. The molecule has 0 fully saturated rings. The second kappa shape index (κ2) is 22.7. The Balaban J connectivity index is -0.0000135. The third-order valence-corrected chi connectivity index (χ3v) is 62.2. The topological polar surface area (TPSA) is 607 Å². The van der Waals surface area contributed by atoms with Gasteiger partial charge in [0, 0.05) is 0 Å². The molecule has 0 amide bonds. The van der Waals surface area contributed by atoms with Crippen LogP contribution in [0.4, 0.5) is 0 Å². The third kappa shape index (κ3) is 33.2. The maximum Gasteiger partial charge on any atom is 2.00 e. The molecule has 40 nitrogen and oxygen atoms in total. The maximum absolute atomic E-state index is 12.7. The van der Waals surface area contributed by atoms with Crippen LogP contribution in [0.5, 0.6) is 0 Å². The SMILES string of the molecule is O=P([O][Mo](=[O])(=[O])[O][Mo](=[O])(=[O])[O][Mo](=[O])(=[O])[O][Mo](=[O])(=[O])[O-])([O][Mo](=[O])(=[O])[O][Mo](=[O])(=[O])[O][Mo](=[O])(=[O])[O][Mo](=[O])(=[O])[O-])[O][Mo](=[O])(=[O])[O][Mo](=[O])(=[O])[O][Mo](=[O])(=[O])[O][Mo](=[O])(=[O])[O-].[Ca+2].[K+]. The van der Waals surface area contributed by atoms with Gasteiger partial charge in [-0.1, -0.05) is 0 Å². The first-order chi connectivity index (χ1) is 22.5. The van der Waals surface area contributed by atoms with Crippen LogP contribution in [0.2, 0.25) is 0 Å². The molecule has 55 heteroatoms. The van der Waals surface area contributed by atoms with Gasteiger partial charge in [0.2, 0.25) is 0 Å². The zero-order valence-corrected chi connectivity index (χ0v) is 53.7. The van der Waals surface area contributed by atoms with Crippen molar-refractivity contribution in [2.45, 2.75) is 0 Å². The fourth-order valence-electron chi connectivity index (χ4n) is 1.40. The Morgan fingerprint density at radius 3 is 0.545 bits per heavy atom. The molecule has 0 rings (SSSR count). The summed E-state index contributed by atoms with van der Waals surface area (Å²) in [5, 5.41) is 0. The maximum atomic E-state index is 12.7. The largest absolute Gasteiger partial charge is 2.00 e. The Labute approximate surface area is 412 Å². The van der Waals surface area contributed by atoms with Crippen LogP contribution in [-0.2, 0) is 315 Å². The summed E-state index contributed by atoms with van der Waals surface area (Å²) in [7, 11) is -7.94. The van der Waals surface area contributed by atoms with Crippen molar-refractivity contribution in [3.05, 3.63) is 0 Å². The minimum absolute atomic E-state index is 0. The molecule has 0 spiro atoms. The molecular weight excluding hydrogens is 1900 g/mol. The van der Waals surface area contributed by atoms with Gasteiger partial charge in [-0.2, -0.15) is 0 Å². The molecule has 0 atom stereocenters. The number of hydrogen-bond acceptors (Lipinski definition) is 40. The van der Waals surface area contributed by atoms with E-state index >= 15 is 0 Å². The number of hydrogen-bond donors (Lipinski definition) is 0. The first kappa shape index (κ1) is 65.3. The van der Waals surface area contributed by atoms with Crippen molar-refractivity contribution < 1.29 is 378 Å². The minimum Gasteiger partial charge on any atom is 1.00 e. The second-order valence-electron chi connectivity index (χ2n) is 6.18. The van der Waals surface area contributed by atoms with Crippen LogP contribution < -0.4 is 62.7 Å². The fraction of sp³-hybridized carbons (Fsp3) is 0. The molecule has 0 aromatic carbocycles. The number of phosphoric acid groups is 1. The molecule has 320 valence electrons. The molecular formula is CaKMo12O40P. The Bertz CT molecular complexity index is 2520. The zero-order chi connectivity index (χ0) is 43.0. The van der Waals surface area contributed by atoms with Crippen LogP contribution in [0, 0.1) is 0 Å². The Morgan fingerprint density at radius 1 is 0.273 bits per heavy atom. The quantitative estimate of drug-likeness (QED) is 0.0640. The van der Waals surface area contributed by atoms with E-state index in [1.54, 1.807) is 0 Å². The summed E-state index contributed by atoms with van der Waals surface area (Å²) >= 11 is -98.5. The van der Waals surface area contributed by atoms with Crippen molar-refractivity contribution in [2.75, 3.05) is 0 Å². The van der Waals surface area contributed by atoms with E-state index in [0.29, 0.717) is 0 Å². The molecule has 0 saturated carbocycles. The summed E-state index contributed by atoms with van der Waals surface area (Å²) in [4.78, 5) is 0. The van der Waals surface area contributed by atoms with Gasteiger partial charge in [-0.05, 0) is 0 Å². The van der Waals surface area contributed by atoms with Crippen LogP contribution in [0.15, 0.2) is 0 Å². The standard InChI is InChI=1S/Ca.K.12Mo.H3O4P.36O/c;;;;;;;;;;;;;;1-5(2,3)4;;;;;;;;;;;;;;;;;;;;;;;;;;;;;;;;;;;;/h;;;;;;;;;;;;;;(H3,1,2,3,4);;;;;;;;;;;;;;;;;;;;;;;;;;;;;;;;;;;;/q+2;+1;;;;;;;;;;3*+1;;;;;;;;;;;;;;;;;;;;;;;;;;;;;;;;;;;3*-1/p-3. The molecule has 0 heterocycles. The summed E-state index contributed by atoms with van der Waals surface area (Å²) < 4.78 is 351. The minimum atomic E-state index is -8.82. The van der Waals surface area contributed by atoms with Crippen LogP contribution in [0.1, 0.15) is 0 Å². The molecule has 0 aliphatic rings. The van der Waals surface area contributed by atoms with Gasteiger partial charge in [-0.3, -0.25) is 0 Å². The van der Waals surface area contributed by atoms with E-state index in [1.165, 1.54) is 0 Å².